The minimum atomic E-state index is -0.823. The third-order valence-electron chi connectivity index (χ3n) is 4.61. The van der Waals surface area contributed by atoms with Crippen molar-refractivity contribution < 1.29 is 9.59 Å². The van der Waals surface area contributed by atoms with Crippen molar-refractivity contribution in [2.75, 3.05) is 17.6 Å². The Balaban J connectivity index is 1.85. The number of carbonyl (C=O) groups excluding carboxylic acids is 2. The summed E-state index contributed by atoms with van der Waals surface area (Å²) in [7, 11) is 0. The molecule has 0 unspecified atom stereocenters. The zero-order valence-electron chi connectivity index (χ0n) is 17.1. The summed E-state index contributed by atoms with van der Waals surface area (Å²) in [5.41, 5.74) is 9.08. The highest BCUT2D eigenvalue weighted by Gasteiger charge is 2.24. The van der Waals surface area contributed by atoms with Gasteiger partial charge in [-0.3, -0.25) is 19.7 Å². The largest absolute Gasteiger partial charge is 0.383 e. The highest BCUT2D eigenvalue weighted by molar-refractivity contribution is 6.40. The number of anilines is 2. The molecule has 0 aliphatic rings. The van der Waals surface area contributed by atoms with Crippen LogP contribution in [-0.2, 0) is 16.1 Å². The summed E-state index contributed by atoms with van der Waals surface area (Å²) in [5.74, 6) is -1.29. The van der Waals surface area contributed by atoms with Crippen LogP contribution in [0.2, 0.25) is 0 Å². The van der Waals surface area contributed by atoms with Crippen LogP contribution in [0, 0.1) is 6.92 Å². The van der Waals surface area contributed by atoms with Gasteiger partial charge in [-0.2, -0.15) is 5.10 Å². The van der Waals surface area contributed by atoms with Crippen molar-refractivity contribution in [3.63, 3.8) is 0 Å². The number of hydrogen-bond acceptors (Lipinski definition) is 6. The number of nitrogens with one attached hydrogen (secondary N) is 2. The molecule has 0 radical (unpaired) electrons. The first-order valence-corrected chi connectivity index (χ1v) is 9.44. The summed E-state index contributed by atoms with van der Waals surface area (Å²) < 4.78 is 0. The van der Waals surface area contributed by atoms with Gasteiger partial charge in [-0.1, -0.05) is 42.5 Å². The number of aromatic amines is 1. The maximum absolute atomic E-state index is 13.0. The van der Waals surface area contributed by atoms with E-state index < -0.39 is 11.8 Å². The highest BCUT2D eigenvalue weighted by atomic mass is 16.2. The van der Waals surface area contributed by atoms with E-state index in [0.717, 1.165) is 11.1 Å². The van der Waals surface area contributed by atoms with Gasteiger partial charge in [0.2, 0.25) is 0 Å². The Labute approximate surface area is 179 Å². The number of rotatable bonds is 7. The molecule has 0 fully saturated rings. The van der Waals surface area contributed by atoms with Gasteiger partial charge in [0.1, 0.15) is 5.82 Å². The molecule has 0 saturated carbocycles. The monoisotopic (exact) mass is 417 g/mol. The fourth-order valence-electron chi connectivity index (χ4n) is 2.97. The molecule has 0 saturated heterocycles. The van der Waals surface area contributed by atoms with E-state index in [-0.39, 0.29) is 18.9 Å². The number of allylic oxidation sites excluding steroid dienone is 2. The summed E-state index contributed by atoms with van der Waals surface area (Å²) in [6, 6.07) is 7.70. The fraction of sp³-hybridized carbons (Fsp3) is 0.136. The zero-order chi connectivity index (χ0) is 22.4. The lowest BCUT2D eigenvalue weighted by molar-refractivity contribution is -0.143. The van der Waals surface area contributed by atoms with Gasteiger partial charge < -0.3 is 16.0 Å². The number of aryl methyl sites for hydroxylation is 1. The van der Waals surface area contributed by atoms with E-state index in [0.29, 0.717) is 22.3 Å². The summed E-state index contributed by atoms with van der Waals surface area (Å²) >= 11 is 0. The lowest BCUT2D eigenvalue weighted by atomic mass is 10.1. The molecule has 31 heavy (non-hydrogen) atoms. The lowest BCUT2D eigenvalue weighted by Crippen LogP contribution is -2.40. The molecule has 1 aromatic carbocycles. The number of nitrogens with zero attached hydrogens (tertiary/aromatic N) is 4. The second-order valence-corrected chi connectivity index (χ2v) is 6.87. The van der Waals surface area contributed by atoms with Crippen molar-refractivity contribution in [3.05, 3.63) is 72.2 Å². The summed E-state index contributed by atoms with van der Waals surface area (Å²) in [6.45, 7) is 9.45. The first kappa shape index (κ1) is 21.4. The van der Waals surface area contributed by atoms with Crippen LogP contribution in [0.4, 0.5) is 11.5 Å². The molecule has 0 bridgehead atoms. The van der Waals surface area contributed by atoms with Crippen LogP contribution < -0.4 is 11.1 Å². The van der Waals surface area contributed by atoms with Gasteiger partial charge in [0.15, 0.2) is 0 Å². The van der Waals surface area contributed by atoms with Gasteiger partial charge in [0.25, 0.3) is 0 Å². The predicted octanol–water partition coefficient (Wildman–Crippen LogP) is 2.59. The Morgan fingerprint density at radius 2 is 2.03 bits per heavy atom. The molecule has 0 aliphatic heterocycles. The molecule has 9 nitrogen and oxygen atoms in total. The van der Waals surface area contributed by atoms with Gasteiger partial charge in [-0.05, 0) is 25.3 Å². The van der Waals surface area contributed by atoms with Gasteiger partial charge >= 0.3 is 11.8 Å². The van der Waals surface area contributed by atoms with E-state index in [1.165, 1.54) is 17.3 Å². The standard InChI is InChI=1S/C22H23N7O2/c1-4-5-16(24-3)13-29(12-15-8-6-14(2)7-9-15)22(31)21(30)27-18-11-25-20(23)17-10-26-28-19(17)18/h4-11H,1,3,12-13H2,2H3,(H2,23,25)(H,26,28)(H,27,30)/b16-5-. The fourth-order valence-corrected chi connectivity index (χ4v) is 2.97. The number of pyridine rings is 1. The van der Waals surface area contributed by atoms with Crippen LogP contribution in [0.25, 0.3) is 10.9 Å². The smallest absolute Gasteiger partial charge is 0.314 e. The second kappa shape index (κ2) is 9.49. The van der Waals surface area contributed by atoms with Crippen molar-refractivity contribution in [1.82, 2.24) is 20.1 Å². The van der Waals surface area contributed by atoms with Gasteiger partial charge in [0, 0.05) is 6.54 Å². The van der Waals surface area contributed by atoms with Crippen molar-refractivity contribution in [3.8, 4) is 0 Å². The van der Waals surface area contributed by atoms with E-state index in [1.54, 1.807) is 12.2 Å². The molecule has 9 heteroatoms. The first-order valence-electron chi connectivity index (χ1n) is 9.44. The molecule has 2 aromatic heterocycles. The third kappa shape index (κ3) is 5.02. The average Bonchev–Trinajstić information content (AvgIpc) is 3.27. The molecule has 0 atom stereocenters. The number of aromatic nitrogens is 3. The van der Waals surface area contributed by atoms with E-state index in [4.69, 9.17) is 5.73 Å². The summed E-state index contributed by atoms with van der Waals surface area (Å²) in [6.07, 6.45) is 6.06. The van der Waals surface area contributed by atoms with Crippen molar-refractivity contribution in [2.24, 2.45) is 4.99 Å². The predicted molar refractivity (Wildman–Crippen MR) is 121 cm³/mol. The highest BCUT2D eigenvalue weighted by Crippen LogP contribution is 2.24. The number of carbonyl (C=O) groups is 2. The number of nitrogen functional groups attached to an aromatic ring is 1. The third-order valence-corrected chi connectivity index (χ3v) is 4.61. The lowest BCUT2D eigenvalue weighted by Gasteiger charge is -2.22. The molecule has 3 aromatic rings. The molecule has 4 N–H and O–H groups in total. The Morgan fingerprint density at radius 1 is 1.29 bits per heavy atom. The van der Waals surface area contributed by atoms with Crippen molar-refractivity contribution >= 4 is 40.9 Å². The number of fused-ring (bicyclic) bond motifs is 1. The quantitative estimate of drug-likeness (QED) is 0.309. The Kier molecular flexibility index (Phi) is 6.56. The molecule has 2 heterocycles. The molecular formula is C22H23N7O2. The minimum absolute atomic E-state index is 0.0924. The number of nitrogens with two attached hydrogens (primary N) is 1. The molecule has 158 valence electrons. The molecule has 0 aliphatic carbocycles. The Bertz CT molecular complexity index is 1160. The number of hydrogen-bond donors (Lipinski definition) is 3. The molecule has 3 rings (SSSR count). The van der Waals surface area contributed by atoms with Crippen LogP contribution in [0.1, 0.15) is 11.1 Å². The van der Waals surface area contributed by atoms with Crippen LogP contribution in [0.3, 0.4) is 0 Å². The van der Waals surface area contributed by atoms with E-state index >= 15 is 0 Å². The molecular weight excluding hydrogens is 394 g/mol. The van der Waals surface area contributed by atoms with E-state index in [2.05, 4.69) is 38.8 Å². The van der Waals surface area contributed by atoms with Crippen LogP contribution >= 0.6 is 0 Å². The topological polar surface area (TPSA) is 129 Å². The number of benzene rings is 1. The molecule has 0 spiro atoms. The van der Waals surface area contributed by atoms with E-state index in [9.17, 15) is 9.59 Å². The van der Waals surface area contributed by atoms with Crippen LogP contribution in [-0.4, -0.2) is 45.2 Å². The van der Waals surface area contributed by atoms with Gasteiger partial charge in [0.05, 0.1) is 41.2 Å². The van der Waals surface area contributed by atoms with Gasteiger partial charge in [-0.25, -0.2) is 4.98 Å². The van der Waals surface area contributed by atoms with Crippen LogP contribution in [0.15, 0.2) is 66.1 Å². The number of amides is 2. The summed E-state index contributed by atoms with van der Waals surface area (Å²) in [5, 5.41) is 9.81. The Morgan fingerprint density at radius 3 is 2.71 bits per heavy atom. The maximum Gasteiger partial charge on any atom is 0.314 e. The van der Waals surface area contributed by atoms with Crippen LogP contribution in [0.5, 0.6) is 0 Å². The summed E-state index contributed by atoms with van der Waals surface area (Å²) in [4.78, 5) is 35.2. The van der Waals surface area contributed by atoms with Gasteiger partial charge in [-0.15, -0.1) is 0 Å². The average molecular weight is 417 g/mol. The normalized spacial score (nSPS) is 11.2. The molecule has 2 amide bonds. The number of aliphatic imine (C=N–C) groups is 1. The first-order chi connectivity index (χ1) is 14.9. The van der Waals surface area contributed by atoms with Crippen molar-refractivity contribution in [1.29, 1.82) is 0 Å². The van der Waals surface area contributed by atoms with E-state index in [1.807, 2.05) is 31.2 Å². The maximum atomic E-state index is 13.0. The SMILES string of the molecule is C=C/C=C(/CN(Cc1ccc(C)cc1)C(=O)C(=O)Nc1cnc(N)c2cn[nH]c12)N=C. The van der Waals surface area contributed by atoms with Crippen molar-refractivity contribution in [2.45, 2.75) is 13.5 Å². The second-order valence-electron chi connectivity index (χ2n) is 6.87. The zero-order valence-corrected chi connectivity index (χ0v) is 17.1. The number of H-pyrrole nitrogens is 1. The Hall–Kier alpha value is -4.27. The minimum Gasteiger partial charge on any atom is -0.383 e.